The number of benzene rings is 2. The van der Waals surface area contributed by atoms with E-state index in [9.17, 15) is 9.59 Å². The van der Waals surface area contributed by atoms with Crippen LogP contribution < -0.4 is 14.8 Å². The predicted octanol–water partition coefficient (Wildman–Crippen LogP) is 3.21. The van der Waals surface area contributed by atoms with Crippen LogP contribution in [-0.2, 0) is 27.3 Å². The summed E-state index contributed by atoms with van der Waals surface area (Å²) >= 11 is 0. The molecule has 0 aliphatic carbocycles. The summed E-state index contributed by atoms with van der Waals surface area (Å²) in [7, 11) is 3.13. The molecule has 0 saturated carbocycles. The summed E-state index contributed by atoms with van der Waals surface area (Å²) < 4.78 is 15.9. The van der Waals surface area contributed by atoms with Crippen molar-refractivity contribution in [2.45, 2.75) is 39.3 Å². The highest BCUT2D eigenvalue weighted by Gasteiger charge is 2.26. The van der Waals surface area contributed by atoms with E-state index >= 15 is 0 Å². The van der Waals surface area contributed by atoms with Crippen molar-refractivity contribution in [1.82, 2.24) is 10.2 Å². The average molecular weight is 443 g/mol. The van der Waals surface area contributed by atoms with Gasteiger partial charge >= 0.3 is 0 Å². The fraction of sp³-hybridized carbons (Fsp3) is 0.440. The third-order valence-corrected chi connectivity index (χ3v) is 5.14. The first-order valence-electron chi connectivity index (χ1n) is 10.9. The van der Waals surface area contributed by atoms with Crippen LogP contribution in [-0.4, -0.2) is 56.7 Å². The minimum absolute atomic E-state index is 0.141. The van der Waals surface area contributed by atoms with E-state index in [0.717, 1.165) is 17.5 Å². The Labute approximate surface area is 190 Å². The molecule has 0 heterocycles. The molecule has 32 heavy (non-hydrogen) atoms. The Morgan fingerprint density at radius 3 is 2.38 bits per heavy atom. The van der Waals surface area contributed by atoms with Gasteiger partial charge in [-0.2, -0.15) is 0 Å². The maximum atomic E-state index is 13.3. The number of carbonyl (C=O) groups is 2. The SMILES string of the molecule is CCOCCCNC(=O)C(C)N(Cc1ccccc1)C(=O)Cc1ccc(OC)c(OC)c1. The van der Waals surface area contributed by atoms with Gasteiger partial charge in [0.25, 0.3) is 0 Å². The highest BCUT2D eigenvalue weighted by atomic mass is 16.5. The molecule has 7 nitrogen and oxygen atoms in total. The topological polar surface area (TPSA) is 77.1 Å². The van der Waals surface area contributed by atoms with Gasteiger partial charge in [0.2, 0.25) is 11.8 Å². The van der Waals surface area contributed by atoms with Crippen molar-refractivity contribution in [3.05, 3.63) is 59.7 Å². The summed E-state index contributed by atoms with van der Waals surface area (Å²) in [5.41, 5.74) is 1.75. The van der Waals surface area contributed by atoms with E-state index in [0.29, 0.717) is 37.8 Å². The molecule has 0 aliphatic heterocycles. The van der Waals surface area contributed by atoms with E-state index < -0.39 is 6.04 Å². The minimum atomic E-state index is -0.616. The molecule has 7 heteroatoms. The van der Waals surface area contributed by atoms with Crippen molar-refractivity contribution >= 4 is 11.8 Å². The highest BCUT2D eigenvalue weighted by Crippen LogP contribution is 2.28. The summed E-state index contributed by atoms with van der Waals surface area (Å²) in [6.45, 7) is 5.79. The van der Waals surface area contributed by atoms with Gasteiger partial charge < -0.3 is 24.4 Å². The lowest BCUT2D eigenvalue weighted by molar-refractivity contribution is -0.140. The average Bonchev–Trinajstić information content (AvgIpc) is 2.82. The molecular formula is C25H34N2O5. The van der Waals surface area contributed by atoms with Gasteiger partial charge in [-0.1, -0.05) is 36.4 Å². The van der Waals surface area contributed by atoms with Crippen LogP contribution >= 0.6 is 0 Å². The molecule has 0 aliphatic rings. The van der Waals surface area contributed by atoms with Gasteiger partial charge in [0.15, 0.2) is 11.5 Å². The molecule has 174 valence electrons. The highest BCUT2D eigenvalue weighted by molar-refractivity contribution is 5.88. The Hall–Kier alpha value is -3.06. The maximum Gasteiger partial charge on any atom is 0.242 e. The largest absolute Gasteiger partial charge is 0.493 e. The Morgan fingerprint density at radius 1 is 1.00 bits per heavy atom. The normalized spacial score (nSPS) is 11.5. The first-order chi connectivity index (χ1) is 15.5. The minimum Gasteiger partial charge on any atom is -0.493 e. The third-order valence-electron chi connectivity index (χ3n) is 5.14. The van der Waals surface area contributed by atoms with Crippen molar-refractivity contribution in [3.8, 4) is 11.5 Å². The van der Waals surface area contributed by atoms with Crippen molar-refractivity contribution in [1.29, 1.82) is 0 Å². The molecule has 2 rings (SSSR count). The fourth-order valence-corrected chi connectivity index (χ4v) is 3.31. The van der Waals surface area contributed by atoms with Gasteiger partial charge in [-0.25, -0.2) is 0 Å². The number of hydrogen-bond acceptors (Lipinski definition) is 5. The number of hydrogen-bond donors (Lipinski definition) is 1. The Balaban J connectivity index is 2.13. The smallest absolute Gasteiger partial charge is 0.242 e. The second kappa shape index (κ2) is 13.4. The molecule has 2 amide bonds. The van der Waals surface area contributed by atoms with Crippen molar-refractivity contribution in [3.63, 3.8) is 0 Å². The van der Waals surface area contributed by atoms with E-state index in [1.807, 2.05) is 43.3 Å². The van der Waals surface area contributed by atoms with Gasteiger partial charge in [0.1, 0.15) is 6.04 Å². The molecule has 0 radical (unpaired) electrons. The molecule has 2 aromatic rings. The Kier molecular flexibility index (Phi) is 10.5. The van der Waals surface area contributed by atoms with E-state index in [1.165, 1.54) is 0 Å². The number of amides is 2. The molecule has 2 aromatic carbocycles. The first-order valence-corrected chi connectivity index (χ1v) is 10.9. The van der Waals surface area contributed by atoms with Crippen LogP contribution in [0, 0.1) is 0 Å². The van der Waals surface area contributed by atoms with Crippen molar-refractivity contribution in [2.75, 3.05) is 34.0 Å². The number of ether oxygens (including phenoxy) is 3. The summed E-state index contributed by atoms with van der Waals surface area (Å²) in [6, 6.07) is 14.4. The predicted molar refractivity (Wildman–Crippen MR) is 124 cm³/mol. The van der Waals surface area contributed by atoms with E-state index in [2.05, 4.69) is 5.32 Å². The summed E-state index contributed by atoms with van der Waals surface area (Å²) in [5.74, 6) is 0.841. The lowest BCUT2D eigenvalue weighted by Gasteiger charge is -2.29. The quantitative estimate of drug-likeness (QED) is 0.482. The van der Waals surface area contributed by atoms with Crippen LogP contribution in [0.5, 0.6) is 11.5 Å². The second-order valence-corrected chi connectivity index (χ2v) is 7.39. The number of nitrogens with zero attached hydrogens (tertiary/aromatic N) is 1. The van der Waals surface area contributed by atoms with Crippen molar-refractivity contribution < 1.29 is 23.8 Å². The molecule has 0 fully saturated rings. The van der Waals surface area contributed by atoms with Gasteiger partial charge in [0.05, 0.1) is 20.6 Å². The fourth-order valence-electron chi connectivity index (χ4n) is 3.31. The lowest BCUT2D eigenvalue weighted by atomic mass is 10.1. The molecular weight excluding hydrogens is 408 g/mol. The first kappa shape index (κ1) is 25.2. The lowest BCUT2D eigenvalue weighted by Crippen LogP contribution is -2.48. The summed E-state index contributed by atoms with van der Waals surface area (Å²) in [4.78, 5) is 27.7. The van der Waals surface area contributed by atoms with Crippen LogP contribution in [0.25, 0.3) is 0 Å². The van der Waals surface area contributed by atoms with Crippen LogP contribution in [0.4, 0.5) is 0 Å². The standard InChI is InChI=1S/C25H34N2O5/c1-5-32-15-9-14-26-25(29)19(2)27(18-20-10-7-6-8-11-20)24(28)17-21-12-13-22(30-3)23(16-21)31-4/h6-8,10-13,16,19H,5,9,14-15,17-18H2,1-4H3,(H,26,29). The van der Waals surface area contributed by atoms with Crippen LogP contribution in [0.1, 0.15) is 31.4 Å². The third kappa shape index (κ3) is 7.57. The molecule has 0 saturated heterocycles. The summed E-state index contributed by atoms with van der Waals surface area (Å²) in [6.07, 6.45) is 0.875. The summed E-state index contributed by atoms with van der Waals surface area (Å²) in [5, 5.41) is 2.91. The number of carbonyl (C=O) groups excluding carboxylic acids is 2. The second-order valence-electron chi connectivity index (χ2n) is 7.39. The van der Waals surface area contributed by atoms with Gasteiger partial charge in [0, 0.05) is 26.3 Å². The van der Waals surface area contributed by atoms with E-state index in [-0.39, 0.29) is 18.2 Å². The number of nitrogens with one attached hydrogen (secondary N) is 1. The van der Waals surface area contributed by atoms with Gasteiger partial charge in [-0.15, -0.1) is 0 Å². The van der Waals surface area contributed by atoms with Crippen LogP contribution in [0.3, 0.4) is 0 Å². The zero-order valence-corrected chi connectivity index (χ0v) is 19.4. The monoisotopic (exact) mass is 442 g/mol. The zero-order valence-electron chi connectivity index (χ0n) is 19.4. The van der Waals surface area contributed by atoms with Crippen molar-refractivity contribution in [2.24, 2.45) is 0 Å². The molecule has 0 bridgehead atoms. The van der Waals surface area contributed by atoms with Crippen LogP contribution in [0.2, 0.25) is 0 Å². The molecule has 1 N–H and O–H groups in total. The van der Waals surface area contributed by atoms with Crippen LogP contribution in [0.15, 0.2) is 48.5 Å². The van der Waals surface area contributed by atoms with E-state index in [1.54, 1.807) is 38.2 Å². The Bertz CT molecular complexity index is 857. The maximum absolute atomic E-state index is 13.3. The molecule has 0 spiro atoms. The molecule has 1 unspecified atom stereocenters. The molecule has 1 atom stereocenters. The zero-order chi connectivity index (χ0) is 23.3. The Morgan fingerprint density at radius 2 is 1.72 bits per heavy atom. The van der Waals surface area contributed by atoms with Gasteiger partial charge in [-0.3, -0.25) is 9.59 Å². The molecule has 0 aromatic heterocycles. The number of rotatable bonds is 13. The van der Waals surface area contributed by atoms with E-state index in [4.69, 9.17) is 14.2 Å². The number of methoxy groups -OCH3 is 2. The van der Waals surface area contributed by atoms with Gasteiger partial charge in [-0.05, 0) is 43.5 Å².